The first-order valence-electron chi connectivity index (χ1n) is 8.55. The molecule has 26 heavy (non-hydrogen) atoms. The fourth-order valence-corrected chi connectivity index (χ4v) is 4.33. The van der Waals surface area contributed by atoms with Crippen LogP contribution in [0.4, 0.5) is 0 Å². The van der Waals surface area contributed by atoms with E-state index in [0.29, 0.717) is 0 Å². The maximum atomic E-state index is 6.09. The number of benzene rings is 3. The summed E-state index contributed by atoms with van der Waals surface area (Å²) in [4.78, 5) is 6.15. The first-order valence-corrected chi connectivity index (χ1v) is 9.75. The van der Waals surface area contributed by atoms with Gasteiger partial charge in [-0.05, 0) is 35.7 Å². The zero-order chi connectivity index (χ0) is 17.9. The van der Waals surface area contributed by atoms with Crippen LogP contribution in [0.1, 0.15) is 27.7 Å². The molecule has 0 aliphatic heterocycles. The summed E-state index contributed by atoms with van der Waals surface area (Å²) in [6.07, 6.45) is 0. The fraction of sp³-hybridized carbons (Fsp3) is 0.0870. The Hall–Kier alpha value is -2.42. The second kappa shape index (κ2) is 7.45. The Morgan fingerprint density at radius 1 is 0.769 bits per heavy atom. The highest BCUT2D eigenvalue weighted by Gasteiger charge is 2.24. The van der Waals surface area contributed by atoms with Crippen molar-refractivity contribution in [3.8, 4) is 10.4 Å². The SMILES string of the molecule is Cc1nc(C(c2ccccc2)c2ccccc2)c(-c2ccc(Cl)cc2)s1. The van der Waals surface area contributed by atoms with E-state index in [-0.39, 0.29) is 5.92 Å². The van der Waals surface area contributed by atoms with Gasteiger partial charge in [0.25, 0.3) is 0 Å². The lowest BCUT2D eigenvalue weighted by atomic mass is 9.87. The smallest absolute Gasteiger partial charge is 0.0904 e. The first-order chi connectivity index (χ1) is 12.7. The molecule has 4 aromatic rings. The molecule has 1 nitrogen and oxygen atoms in total. The fourth-order valence-electron chi connectivity index (χ4n) is 3.25. The van der Waals surface area contributed by atoms with Crippen molar-refractivity contribution in [1.29, 1.82) is 0 Å². The Morgan fingerprint density at radius 2 is 1.31 bits per heavy atom. The molecule has 0 aliphatic carbocycles. The van der Waals surface area contributed by atoms with Gasteiger partial charge in [0.15, 0.2) is 0 Å². The normalized spacial score (nSPS) is 11.0. The number of hydrogen-bond donors (Lipinski definition) is 0. The minimum atomic E-state index is 0.105. The van der Waals surface area contributed by atoms with Crippen molar-refractivity contribution in [3.05, 3.63) is 112 Å². The van der Waals surface area contributed by atoms with Crippen molar-refractivity contribution in [2.45, 2.75) is 12.8 Å². The molecule has 0 radical (unpaired) electrons. The lowest BCUT2D eigenvalue weighted by Gasteiger charge is -2.18. The predicted molar refractivity (Wildman–Crippen MR) is 111 cm³/mol. The van der Waals surface area contributed by atoms with Crippen molar-refractivity contribution in [2.75, 3.05) is 0 Å². The third kappa shape index (κ3) is 3.44. The maximum Gasteiger partial charge on any atom is 0.0904 e. The molecule has 0 N–H and O–H groups in total. The van der Waals surface area contributed by atoms with E-state index in [1.54, 1.807) is 11.3 Å². The van der Waals surface area contributed by atoms with Crippen LogP contribution >= 0.6 is 22.9 Å². The molecule has 0 bridgehead atoms. The van der Waals surface area contributed by atoms with Crippen LogP contribution in [0.2, 0.25) is 5.02 Å². The molecule has 0 spiro atoms. The van der Waals surface area contributed by atoms with Crippen LogP contribution in [0.25, 0.3) is 10.4 Å². The number of nitrogens with zero attached hydrogens (tertiary/aromatic N) is 1. The lowest BCUT2D eigenvalue weighted by molar-refractivity contribution is 0.928. The Kier molecular flexibility index (Phi) is 4.87. The minimum Gasteiger partial charge on any atom is -0.245 e. The monoisotopic (exact) mass is 375 g/mol. The van der Waals surface area contributed by atoms with Crippen molar-refractivity contribution < 1.29 is 0 Å². The Bertz CT molecular complexity index is 952. The van der Waals surface area contributed by atoms with E-state index in [1.807, 2.05) is 12.1 Å². The molecular formula is C23H18ClNS. The summed E-state index contributed by atoms with van der Waals surface area (Å²) >= 11 is 7.82. The zero-order valence-corrected chi connectivity index (χ0v) is 16.0. The van der Waals surface area contributed by atoms with E-state index >= 15 is 0 Å². The molecule has 0 saturated heterocycles. The number of hydrogen-bond acceptors (Lipinski definition) is 2. The van der Waals surface area contributed by atoms with Gasteiger partial charge in [-0.25, -0.2) is 4.98 Å². The molecule has 0 fully saturated rings. The summed E-state index contributed by atoms with van der Waals surface area (Å²) in [7, 11) is 0. The Morgan fingerprint density at radius 3 is 1.85 bits per heavy atom. The average molecular weight is 376 g/mol. The highest BCUT2D eigenvalue weighted by atomic mass is 35.5. The highest BCUT2D eigenvalue weighted by Crippen LogP contribution is 2.40. The van der Waals surface area contributed by atoms with E-state index in [0.717, 1.165) is 21.3 Å². The summed E-state index contributed by atoms with van der Waals surface area (Å²) in [5.41, 5.74) is 4.76. The molecule has 4 rings (SSSR count). The molecule has 0 saturated carbocycles. The molecule has 0 amide bonds. The molecule has 3 aromatic carbocycles. The van der Waals surface area contributed by atoms with Gasteiger partial charge >= 0.3 is 0 Å². The van der Waals surface area contributed by atoms with Crippen molar-refractivity contribution in [3.63, 3.8) is 0 Å². The topological polar surface area (TPSA) is 12.9 Å². The number of rotatable bonds is 4. The van der Waals surface area contributed by atoms with Crippen LogP contribution in [0.15, 0.2) is 84.9 Å². The van der Waals surface area contributed by atoms with Crippen LogP contribution in [0.5, 0.6) is 0 Å². The van der Waals surface area contributed by atoms with Crippen LogP contribution in [0, 0.1) is 6.92 Å². The first kappa shape index (κ1) is 17.0. The molecule has 128 valence electrons. The van der Waals surface area contributed by atoms with E-state index < -0.39 is 0 Å². The van der Waals surface area contributed by atoms with Crippen LogP contribution in [-0.2, 0) is 0 Å². The summed E-state index contributed by atoms with van der Waals surface area (Å²) < 4.78 is 0. The van der Waals surface area contributed by atoms with Gasteiger partial charge in [-0.3, -0.25) is 0 Å². The van der Waals surface area contributed by atoms with Crippen molar-refractivity contribution in [2.24, 2.45) is 0 Å². The number of aromatic nitrogens is 1. The lowest BCUT2D eigenvalue weighted by Crippen LogP contribution is -2.05. The number of halogens is 1. The number of thiazole rings is 1. The third-order valence-electron chi connectivity index (χ3n) is 4.41. The molecule has 1 aromatic heterocycles. The Labute approximate surface area is 162 Å². The van der Waals surface area contributed by atoms with E-state index in [1.165, 1.54) is 16.0 Å². The van der Waals surface area contributed by atoms with Crippen LogP contribution in [0.3, 0.4) is 0 Å². The number of aryl methyl sites for hydroxylation is 1. The molecule has 0 atom stereocenters. The molecule has 0 unspecified atom stereocenters. The maximum absolute atomic E-state index is 6.09. The van der Waals surface area contributed by atoms with E-state index in [2.05, 4.69) is 79.7 Å². The molecular weight excluding hydrogens is 358 g/mol. The van der Waals surface area contributed by atoms with E-state index in [9.17, 15) is 0 Å². The predicted octanol–water partition coefficient (Wildman–Crippen LogP) is 6.95. The van der Waals surface area contributed by atoms with Crippen LogP contribution in [-0.4, -0.2) is 4.98 Å². The summed E-state index contributed by atoms with van der Waals surface area (Å²) in [5.74, 6) is 0.105. The van der Waals surface area contributed by atoms with Crippen LogP contribution < -0.4 is 0 Å². The second-order valence-corrected chi connectivity index (χ2v) is 7.85. The van der Waals surface area contributed by atoms with Gasteiger partial charge in [0, 0.05) is 5.02 Å². The zero-order valence-electron chi connectivity index (χ0n) is 14.4. The average Bonchev–Trinajstić information content (AvgIpc) is 3.05. The molecule has 3 heteroatoms. The van der Waals surface area contributed by atoms with Gasteiger partial charge in [-0.1, -0.05) is 84.4 Å². The summed E-state index contributed by atoms with van der Waals surface area (Å²) in [5, 5.41) is 1.82. The van der Waals surface area contributed by atoms with Gasteiger partial charge in [0.2, 0.25) is 0 Å². The van der Waals surface area contributed by atoms with Gasteiger partial charge in [0.05, 0.1) is 21.5 Å². The van der Waals surface area contributed by atoms with E-state index in [4.69, 9.17) is 16.6 Å². The molecule has 0 aliphatic rings. The molecule has 1 heterocycles. The third-order valence-corrected chi connectivity index (χ3v) is 5.69. The van der Waals surface area contributed by atoms with Gasteiger partial charge < -0.3 is 0 Å². The summed E-state index contributed by atoms with van der Waals surface area (Å²) in [6, 6.07) is 29.2. The standard InChI is InChI=1S/C23H18ClNS/c1-16-25-22(23(26-16)19-12-14-20(24)15-13-19)21(17-8-4-2-5-9-17)18-10-6-3-7-11-18/h2-15,21H,1H3. The largest absolute Gasteiger partial charge is 0.245 e. The Balaban J connectivity index is 1.91. The minimum absolute atomic E-state index is 0.105. The second-order valence-electron chi connectivity index (χ2n) is 6.21. The van der Waals surface area contributed by atoms with Gasteiger partial charge in [0.1, 0.15) is 0 Å². The van der Waals surface area contributed by atoms with Crippen molar-refractivity contribution >= 4 is 22.9 Å². The highest BCUT2D eigenvalue weighted by molar-refractivity contribution is 7.15. The van der Waals surface area contributed by atoms with Crippen molar-refractivity contribution in [1.82, 2.24) is 4.98 Å². The quantitative estimate of drug-likeness (QED) is 0.376. The van der Waals surface area contributed by atoms with Gasteiger partial charge in [-0.15, -0.1) is 11.3 Å². The van der Waals surface area contributed by atoms with Gasteiger partial charge in [-0.2, -0.15) is 0 Å². The summed E-state index contributed by atoms with van der Waals surface area (Å²) in [6.45, 7) is 2.07.